The Labute approximate surface area is 155 Å². The molecular weight excluding hydrogens is 322 g/mol. The summed E-state index contributed by atoms with van der Waals surface area (Å²) in [6.07, 6.45) is 10.6. The van der Waals surface area contributed by atoms with Gasteiger partial charge >= 0.3 is 0 Å². The van der Waals surface area contributed by atoms with Crippen LogP contribution in [0.3, 0.4) is 0 Å². The fourth-order valence-electron chi connectivity index (χ4n) is 4.50. The second kappa shape index (κ2) is 7.55. The van der Waals surface area contributed by atoms with E-state index in [0.29, 0.717) is 12.5 Å². The fourth-order valence-corrected chi connectivity index (χ4v) is 4.50. The number of benzene rings is 1. The highest BCUT2D eigenvalue weighted by atomic mass is 16.2. The highest BCUT2D eigenvalue weighted by molar-refractivity contribution is 5.82. The van der Waals surface area contributed by atoms with Gasteiger partial charge in [-0.05, 0) is 62.7 Å². The number of amides is 1. The lowest BCUT2D eigenvalue weighted by Crippen LogP contribution is -2.45. The van der Waals surface area contributed by atoms with Crippen LogP contribution in [0.2, 0.25) is 0 Å². The van der Waals surface area contributed by atoms with Crippen LogP contribution in [0.1, 0.15) is 43.8 Å². The van der Waals surface area contributed by atoms with Crippen molar-refractivity contribution < 1.29 is 4.79 Å². The maximum absolute atomic E-state index is 13.3. The zero-order valence-corrected chi connectivity index (χ0v) is 15.3. The Bertz CT molecular complexity index is 777. The molecule has 4 rings (SSSR count). The molecule has 0 saturated carbocycles. The number of hydrogen-bond acceptors (Lipinski definition) is 2. The molecule has 4 nitrogen and oxygen atoms in total. The van der Waals surface area contributed by atoms with Crippen molar-refractivity contribution in [2.24, 2.45) is 5.92 Å². The van der Waals surface area contributed by atoms with Gasteiger partial charge in [0, 0.05) is 23.7 Å². The smallest absolute Gasteiger partial charge is 0.226 e. The summed E-state index contributed by atoms with van der Waals surface area (Å²) in [4.78, 5) is 21.2. The second-order valence-corrected chi connectivity index (χ2v) is 7.61. The van der Waals surface area contributed by atoms with Gasteiger partial charge in [0.25, 0.3) is 0 Å². The van der Waals surface area contributed by atoms with Crippen molar-refractivity contribution in [3.63, 3.8) is 0 Å². The van der Waals surface area contributed by atoms with E-state index in [1.807, 2.05) is 0 Å². The minimum atomic E-state index is 0.147. The number of aromatic nitrogens is 1. The van der Waals surface area contributed by atoms with Crippen LogP contribution < -0.4 is 0 Å². The monoisotopic (exact) mass is 349 g/mol. The summed E-state index contributed by atoms with van der Waals surface area (Å²) in [5, 5.41) is 1.23. The molecule has 2 aromatic rings. The van der Waals surface area contributed by atoms with E-state index in [9.17, 15) is 4.79 Å². The van der Waals surface area contributed by atoms with Gasteiger partial charge < -0.3 is 9.88 Å². The molecule has 0 aliphatic carbocycles. The molecule has 4 heteroatoms. The highest BCUT2D eigenvalue weighted by Crippen LogP contribution is 2.34. The predicted octanol–water partition coefficient (Wildman–Crippen LogP) is 3.57. The Kier molecular flexibility index (Phi) is 4.99. The first-order valence-corrected chi connectivity index (χ1v) is 9.80. The number of rotatable bonds is 3. The molecule has 2 aliphatic rings. The molecule has 0 bridgehead atoms. The van der Waals surface area contributed by atoms with Gasteiger partial charge in [-0.2, -0.15) is 0 Å². The van der Waals surface area contributed by atoms with E-state index in [1.165, 1.54) is 17.5 Å². The summed E-state index contributed by atoms with van der Waals surface area (Å²) in [6.45, 7) is 3.45. The molecule has 1 aromatic heterocycles. The number of fused-ring (bicyclic) bond motifs is 1. The molecule has 2 fully saturated rings. The molecule has 26 heavy (non-hydrogen) atoms. The second-order valence-electron chi connectivity index (χ2n) is 7.61. The number of para-hydroxylation sites is 1. The van der Waals surface area contributed by atoms with Gasteiger partial charge in [-0.25, -0.2) is 0 Å². The van der Waals surface area contributed by atoms with E-state index in [2.05, 4.69) is 51.0 Å². The van der Waals surface area contributed by atoms with Crippen LogP contribution in [0.4, 0.5) is 0 Å². The van der Waals surface area contributed by atoms with E-state index < -0.39 is 0 Å². The standard InChI is InChI=1S/C22H27N3O/c1-2-12-24-14-10-17(11-15-24)22(26)25-13-6-5-9-21(25)20-16-18-7-3-4-8-19(18)23-20/h1,3-4,7-8,16-17,21,23H,5-6,9-15H2/t21-/m0/s1. The van der Waals surface area contributed by atoms with Gasteiger partial charge in [-0.3, -0.25) is 9.69 Å². The van der Waals surface area contributed by atoms with Crippen LogP contribution in [-0.4, -0.2) is 46.9 Å². The lowest BCUT2D eigenvalue weighted by Gasteiger charge is -2.39. The molecule has 1 N–H and O–H groups in total. The summed E-state index contributed by atoms with van der Waals surface area (Å²) in [7, 11) is 0. The average molecular weight is 349 g/mol. The van der Waals surface area contributed by atoms with Crippen LogP contribution in [0, 0.1) is 18.3 Å². The Morgan fingerprint density at radius 2 is 1.96 bits per heavy atom. The van der Waals surface area contributed by atoms with Crippen molar-refractivity contribution in [3.05, 3.63) is 36.0 Å². The number of nitrogens with one attached hydrogen (secondary N) is 1. The van der Waals surface area contributed by atoms with Crippen molar-refractivity contribution in [3.8, 4) is 12.3 Å². The number of likely N-dealkylation sites (tertiary alicyclic amines) is 2. The largest absolute Gasteiger partial charge is 0.357 e. The van der Waals surface area contributed by atoms with E-state index in [4.69, 9.17) is 6.42 Å². The Balaban J connectivity index is 1.50. The van der Waals surface area contributed by atoms with Crippen molar-refractivity contribution in [2.45, 2.75) is 38.1 Å². The Hall–Kier alpha value is -2.25. The third-order valence-electron chi connectivity index (χ3n) is 5.95. The van der Waals surface area contributed by atoms with Crippen molar-refractivity contribution in [1.82, 2.24) is 14.8 Å². The summed E-state index contributed by atoms with van der Waals surface area (Å²) < 4.78 is 0. The molecule has 2 saturated heterocycles. The van der Waals surface area contributed by atoms with Crippen LogP contribution in [0.25, 0.3) is 10.9 Å². The zero-order valence-electron chi connectivity index (χ0n) is 15.3. The van der Waals surface area contributed by atoms with Crippen LogP contribution in [0.5, 0.6) is 0 Å². The fraction of sp³-hybridized carbons (Fsp3) is 0.500. The summed E-state index contributed by atoms with van der Waals surface area (Å²) in [5.74, 6) is 3.20. The third kappa shape index (κ3) is 3.37. The number of H-pyrrole nitrogens is 1. The van der Waals surface area contributed by atoms with Gasteiger partial charge in [0.1, 0.15) is 0 Å². The summed E-state index contributed by atoms with van der Waals surface area (Å²) in [5.41, 5.74) is 2.34. The molecule has 1 aromatic carbocycles. The number of piperidine rings is 2. The number of nitrogens with zero attached hydrogens (tertiary/aromatic N) is 2. The highest BCUT2D eigenvalue weighted by Gasteiger charge is 2.34. The number of carbonyl (C=O) groups is 1. The third-order valence-corrected chi connectivity index (χ3v) is 5.95. The topological polar surface area (TPSA) is 39.3 Å². The van der Waals surface area contributed by atoms with E-state index in [0.717, 1.165) is 50.8 Å². The SMILES string of the molecule is C#CCN1CCC(C(=O)N2CCCC[C@H]2c2cc3ccccc3[nH]2)CC1. The van der Waals surface area contributed by atoms with E-state index in [-0.39, 0.29) is 12.0 Å². The lowest BCUT2D eigenvalue weighted by atomic mass is 9.91. The molecule has 1 amide bonds. The molecule has 0 radical (unpaired) electrons. The van der Waals surface area contributed by atoms with Crippen molar-refractivity contribution in [1.29, 1.82) is 0 Å². The van der Waals surface area contributed by atoms with E-state index in [1.54, 1.807) is 0 Å². The maximum atomic E-state index is 13.3. The molecule has 0 spiro atoms. The van der Waals surface area contributed by atoms with E-state index >= 15 is 0 Å². The number of aromatic amines is 1. The van der Waals surface area contributed by atoms with Gasteiger partial charge in [-0.1, -0.05) is 24.1 Å². The summed E-state index contributed by atoms with van der Waals surface area (Å²) >= 11 is 0. The van der Waals surface area contributed by atoms with Crippen LogP contribution in [0.15, 0.2) is 30.3 Å². The predicted molar refractivity (Wildman–Crippen MR) is 105 cm³/mol. The van der Waals surface area contributed by atoms with Gasteiger partial charge in [0.15, 0.2) is 0 Å². The maximum Gasteiger partial charge on any atom is 0.226 e. The Morgan fingerprint density at radius 1 is 1.15 bits per heavy atom. The van der Waals surface area contributed by atoms with Crippen molar-refractivity contribution in [2.75, 3.05) is 26.2 Å². The zero-order chi connectivity index (χ0) is 17.9. The van der Waals surface area contributed by atoms with Gasteiger partial charge in [-0.15, -0.1) is 6.42 Å². The Morgan fingerprint density at radius 3 is 2.73 bits per heavy atom. The minimum absolute atomic E-state index is 0.147. The first kappa shape index (κ1) is 17.2. The molecule has 3 heterocycles. The lowest BCUT2D eigenvalue weighted by molar-refractivity contribution is -0.141. The summed E-state index contributed by atoms with van der Waals surface area (Å²) in [6, 6.07) is 10.8. The number of carbonyl (C=O) groups excluding carboxylic acids is 1. The van der Waals surface area contributed by atoms with Crippen LogP contribution in [-0.2, 0) is 4.79 Å². The first-order chi connectivity index (χ1) is 12.8. The first-order valence-electron chi connectivity index (χ1n) is 9.80. The van der Waals surface area contributed by atoms with Crippen molar-refractivity contribution >= 4 is 16.8 Å². The molecule has 2 aliphatic heterocycles. The number of terminal acetylenes is 1. The van der Waals surface area contributed by atoms with Gasteiger partial charge in [0.05, 0.1) is 12.6 Å². The quantitative estimate of drug-likeness (QED) is 0.861. The molecule has 0 unspecified atom stereocenters. The molecular formula is C22H27N3O. The normalized spacial score (nSPS) is 22.4. The number of hydrogen-bond donors (Lipinski definition) is 1. The molecule has 1 atom stereocenters. The average Bonchev–Trinajstić information content (AvgIpc) is 3.12. The van der Waals surface area contributed by atoms with Gasteiger partial charge in [0.2, 0.25) is 5.91 Å². The van der Waals surface area contributed by atoms with Crippen LogP contribution >= 0.6 is 0 Å². The minimum Gasteiger partial charge on any atom is -0.357 e. The molecule has 136 valence electrons.